The second-order valence-corrected chi connectivity index (χ2v) is 8.97. The van der Waals surface area contributed by atoms with Crippen LogP contribution in [0.3, 0.4) is 0 Å². The van der Waals surface area contributed by atoms with Crippen molar-refractivity contribution in [2.45, 2.75) is 65.0 Å². The predicted octanol–water partition coefficient (Wildman–Crippen LogP) is 8.06. The van der Waals surface area contributed by atoms with Crippen LogP contribution >= 0.6 is 11.6 Å². The lowest BCUT2D eigenvalue weighted by molar-refractivity contribution is 0.0323. The van der Waals surface area contributed by atoms with E-state index in [1.807, 2.05) is 6.07 Å². The van der Waals surface area contributed by atoms with Crippen LogP contribution in [0.4, 0.5) is 0 Å². The van der Waals surface area contributed by atoms with Crippen molar-refractivity contribution >= 4 is 34.0 Å². The normalized spacial score (nSPS) is 14.6. The number of aromatic nitrogens is 1. The number of carbonyl (C=O) groups is 1. The van der Waals surface area contributed by atoms with Crippen LogP contribution in [0.1, 0.15) is 80.9 Å². The summed E-state index contributed by atoms with van der Waals surface area (Å²) in [6, 6.07) is 15.6. The molecule has 172 valence electrons. The van der Waals surface area contributed by atoms with E-state index < -0.39 is 0 Å². The standard InChI is InChI=1S/C15H20O.C13H11ClN2O/c1-4-10-15(11-5-2)14-9-7-6-8-13(14)12(3)16-15;1-8(6-15)16-7-12(9(2)17)11-4-3-10(14)5-13(11)16/h6-9H,3-5,10-11H2,1-2H3;3-5,7-8H,1-2H3. The van der Waals surface area contributed by atoms with Gasteiger partial charge >= 0.3 is 0 Å². The first-order valence-corrected chi connectivity index (χ1v) is 11.8. The van der Waals surface area contributed by atoms with E-state index in [-0.39, 0.29) is 17.4 Å². The maximum absolute atomic E-state index is 11.5. The van der Waals surface area contributed by atoms with Crippen molar-refractivity contribution in [1.29, 1.82) is 5.26 Å². The summed E-state index contributed by atoms with van der Waals surface area (Å²) in [4.78, 5) is 11.5. The van der Waals surface area contributed by atoms with Gasteiger partial charge in [-0.15, -0.1) is 0 Å². The fourth-order valence-electron chi connectivity index (χ4n) is 4.66. The molecule has 5 heteroatoms. The summed E-state index contributed by atoms with van der Waals surface area (Å²) in [7, 11) is 0. The molecule has 2 aromatic carbocycles. The van der Waals surface area contributed by atoms with Crippen molar-refractivity contribution in [3.63, 3.8) is 0 Å². The van der Waals surface area contributed by atoms with Gasteiger partial charge in [-0.05, 0) is 38.8 Å². The molecule has 0 N–H and O–H groups in total. The zero-order valence-corrected chi connectivity index (χ0v) is 20.6. The Bertz CT molecular complexity index is 1210. The van der Waals surface area contributed by atoms with Crippen molar-refractivity contribution < 1.29 is 9.53 Å². The van der Waals surface area contributed by atoms with Crippen molar-refractivity contribution in [3.05, 3.63) is 77.0 Å². The van der Waals surface area contributed by atoms with Crippen LogP contribution in [-0.4, -0.2) is 10.4 Å². The Labute approximate surface area is 201 Å². The largest absolute Gasteiger partial charge is 0.483 e. The summed E-state index contributed by atoms with van der Waals surface area (Å²) in [6.07, 6.45) is 6.16. The summed E-state index contributed by atoms with van der Waals surface area (Å²) in [5.41, 5.74) is 3.88. The fourth-order valence-corrected chi connectivity index (χ4v) is 4.83. The molecule has 2 heterocycles. The monoisotopic (exact) mass is 462 g/mol. The van der Waals surface area contributed by atoms with Gasteiger partial charge in [0.1, 0.15) is 17.4 Å². The first-order chi connectivity index (χ1) is 15.8. The number of Topliss-reactive ketones (excluding diaryl/α,β-unsaturated/α-hetero) is 1. The van der Waals surface area contributed by atoms with Gasteiger partial charge in [0.2, 0.25) is 0 Å². The SMILES string of the molecule is C=C1OC(CCC)(CCC)c2ccccc21.CC(=O)c1cn(C(C)C#N)c2cc(Cl)ccc12. The molecule has 0 spiro atoms. The maximum atomic E-state index is 11.5. The van der Waals surface area contributed by atoms with E-state index >= 15 is 0 Å². The molecule has 33 heavy (non-hydrogen) atoms. The number of nitriles is 1. The quantitative estimate of drug-likeness (QED) is 0.348. The van der Waals surface area contributed by atoms with E-state index in [1.54, 1.807) is 29.8 Å². The third kappa shape index (κ3) is 4.84. The van der Waals surface area contributed by atoms with Gasteiger partial charge in [0, 0.05) is 33.3 Å². The van der Waals surface area contributed by atoms with Crippen molar-refractivity contribution in [2.75, 3.05) is 0 Å². The number of hydrogen-bond acceptors (Lipinski definition) is 3. The Morgan fingerprint density at radius 2 is 1.88 bits per heavy atom. The molecule has 0 aliphatic carbocycles. The van der Waals surface area contributed by atoms with E-state index in [2.05, 4.69) is 50.8 Å². The lowest BCUT2D eigenvalue weighted by Gasteiger charge is -2.29. The molecule has 0 amide bonds. The summed E-state index contributed by atoms with van der Waals surface area (Å²) in [5, 5.41) is 10.4. The number of carbonyl (C=O) groups excluding carboxylic acids is 1. The highest BCUT2D eigenvalue weighted by molar-refractivity contribution is 6.31. The Hall–Kier alpha value is -3.03. The molecular formula is C28H31ClN2O2. The number of hydrogen-bond donors (Lipinski definition) is 0. The minimum absolute atomic E-state index is 0.0128. The molecule has 1 aliphatic heterocycles. The van der Waals surface area contributed by atoms with E-state index in [0.717, 1.165) is 42.3 Å². The van der Waals surface area contributed by atoms with Crippen molar-refractivity contribution in [1.82, 2.24) is 4.57 Å². The Morgan fingerprint density at radius 3 is 2.48 bits per heavy atom. The molecule has 0 radical (unpaired) electrons. The second kappa shape index (κ2) is 10.3. The summed E-state index contributed by atoms with van der Waals surface area (Å²) in [5.74, 6) is 0.832. The average Bonchev–Trinajstić information content (AvgIpc) is 3.30. The molecular weight excluding hydrogens is 432 g/mol. The first-order valence-electron chi connectivity index (χ1n) is 11.5. The number of ether oxygens (including phenoxy) is 1. The molecule has 0 saturated heterocycles. The van der Waals surface area contributed by atoms with Gasteiger partial charge in [0.15, 0.2) is 5.78 Å². The van der Waals surface area contributed by atoms with E-state index in [9.17, 15) is 4.79 Å². The second-order valence-electron chi connectivity index (χ2n) is 8.54. The number of rotatable bonds is 6. The van der Waals surface area contributed by atoms with Crippen LogP contribution in [0.25, 0.3) is 16.7 Å². The third-order valence-corrected chi connectivity index (χ3v) is 6.36. The third-order valence-electron chi connectivity index (χ3n) is 6.12. The topological polar surface area (TPSA) is 55.0 Å². The number of fused-ring (bicyclic) bond motifs is 2. The molecule has 0 fully saturated rings. The lowest BCUT2D eigenvalue weighted by Crippen LogP contribution is -2.24. The van der Waals surface area contributed by atoms with Gasteiger partial charge in [0.05, 0.1) is 11.6 Å². The van der Waals surface area contributed by atoms with Crippen LogP contribution in [-0.2, 0) is 10.3 Å². The number of halogens is 1. The van der Waals surface area contributed by atoms with Gasteiger partial charge in [-0.25, -0.2) is 0 Å². The van der Waals surface area contributed by atoms with Gasteiger partial charge in [0.25, 0.3) is 0 Å². The summed E-state index contributed by atoms with van der Waals surface area (Å²) >= 11 is 5.95. The highest BCUT2D eigenvalue weighted by Crippen LogP contribution is 2.47. The molecule has 1 unspecified atom stereocenters. The van der Waals surface area contributed by atoms with Crippen LogP contribution in [0.15, 0.2) is 55.2 Å². The van der Waals surface area contributed by atoms with Gasteiger partial charge in [-0.3, -0.25) is 4.79 Å². The highest BCUT2D eigenvalue weighted by Gasteiger charge is 2.40. The first kappa shape index (κ1) is 24.6. The number of ketones is 1. The summed E-state index contributed by atoms with van der Waals surface area (Å²) in [6.45, 7) is 11.8. The molecule has 4 rings (SSSR count). The summed E-state index contributed by atoms with van der Waals surface area (Å²) < 4.78 is 7.88. The van der Waals surface area contributed by atoms with E-state index in [0.29, 0.717) is 10.6 Å². The molecule has 4 nitrogen and oxygen atoms in total. The van der Waals surface area contributed by atoms with Gasteiger partial charge in [-0.1, -0.05) is 75.2 Å². The molecule has 1 aliphatic rings. The predicted molar refractivity (Wildman–Crippen MR) is 135 cm³/mol. The van der Waals surface area contributed by atoms with Crippen LogP contribution < -0.4 is 0 Å². The smallest absolute Gasteiger partial charge is 0.161 e. The minimum Gasteiger partial charge on any atom is -0.483 e. The zero-order valence-electron chi connectivity index (χ0n) is 19.8. The fraction of sp³-hybridized carbons (Fsp3) is 0.357. The van der Waals surface area contributed by atoms with Crippen molar-refractivity contribution in [3.8, 4) is 6.07 Å². The lowest BCUT2D eigenvalue weighted by atomic mass is 9.84. The minimum atomic E-state index is -0.330. The zero-order chi connectivity index (χ0) is 24.2. The molecule has 0 saturated carbocycles. The average molecular weight is 463 g/mol. The van der Waals surface area contributed by atoms with Crippen LogP contribution in [0.2, 0.25) is 5.02 Å². The number of benzene rings is 2. The molecule has 1 aromatic heterocycles. The maximum Gasteiger partial charge on any atom is 0.161 e. The Morgan fingerprint density at radius 1 is 1.21 bits per heavy atom. The van der Waals surface area contributed by atoms with Gasteiger partial charge in [-0.2, -0.15) is 5.26 Å². The Kier molecular flexibility index (Phi) is 7.66. The van der Waals surface area contributed by atoms with E-state index in [1.165, 1.54) is 18.1 Å². The Balaban J connectivity index is 0.000000186. The van der Waals surface area contributed by atoms with Crippen molar-refractivity contribution in [2.24, 2.45) is 0 Å². The van der Waals surface area contributed by atoms with E-state index in [4.69, 9.17) is 21.6 Å². The molecule has 3 aromatic rings. The highest BCUT2D eigenvalue weighted by atomic mass is 35.5. The van der Waals surface area contributed by atoms with Gasteiger partial charge < -0.3 is 9.30 Å². The molecule has 0 bridgehead atoms. The molecule has 1 atom stereocenters. The number of nitrogens with zero attached hydrogens (tertiary/aromatic N) is 2. The van der Waals surface area contributed by atoms with Crippen LogP contribution in [0.5, 0.6) is 0 Å². The van der Waals surface area contributed by atoms with Crippen LogP contribution in [0, 0.1) is 11.3 Å².